The highest BCUT2D eigenvalue weighted by atomic mass is 35.5. The molecule has 0 bridgehead atoms. The Kier molecular flexibility index (Phi) is 6.83. The summed E-state index contributed by atoms with van der Waals surface area (Å²) in [5, 5.41) is 3.07. The number of nitrogens with one attached hydrogen (secondary N) is 2. The van der Waals surface area contributed by atoms with Crippen LogP contribution in [-0.2, 0) is 14.4 Å². The molecule has 6 nitrogen and oxygen atoms in total. The first-order chi connectivity index (χ1) is 9.49. The van der Waals surface area contributed by atoms with Gasteiger partial charge in [0.2, 0.25) is 0 Å². The predicted molar refractivity (Wildman–Crippen MR) is 75.4 cm³/mol. The summed E-state index contributed by atoms with van der Waals surface area (Å²) in [6.07, 6.45) is -0.664. The van der Waals surface area contributed by atoms with Gasteiger partial charge in [0.1, 0.15) is 6.61 Å². The molecule has 0 unspecified atom stereocenters. The summed E-state index contributed by atoms with van der Waals surface area (Å²) in [5.41, 5.74) is 2.96. The molecule has 7 heteroatoms. The van der Waals surface area contributed by atoms with Gasteiger partial charge < -0.3 is 9.57 Å². The molecule has 1 rings (SSSR count). The standard InChI is InChI=1S/C13H17ClN2O4/c1-9(2)12(17)19-8-7-15-20-13(18)16-11-5-3-10(14)4-6-11/h3-6,9,15H,7-8H2,1-2H3,(H,16,18). The molecule has 0 fully saturated rings. The van der Waals surface area contributed by atoms with E-state index in [0.29, 0.717) is 10.7 Å². The molecule has 1 amide bonds. The Morgan fingerprint density at radius 2 is 1.90 bits per heavy atom. The number of anilines is 1. The zero-order valence-corrected chi connectivity index (χ0v) is 12.1. The molecule has 1 aromatic rings. The largest absolute Gasteiger partial charge is 0.464 e. The minimum absolute atomic E-state index is 0.130. The van der Waals surface area contributed by atoms with E-state index in [-0.39, 0.29) is 25.0 Å². The highest BCUT2D eigenvalue weighted by Crippen LogP contribution is 2.13. The molecule has 0 aromatic heterocycles. The van der Waals surface area contributed by atoms with Crippen molar-refractivity contribution in [3.05, 3.63) is 29.3 Å². The van der Waals surface area contributed by atoms with Gasteiger partial charge in [0, 0.05) is 10.7 Å². The number of hydroxylamine groups is 1. The van der Waals surface area contributed by atoms with Crippen LogP contribution in [0.4, 0.5) is 10.5 Å². The van der Waals surface area contributed by atoms with Gasteiger partial charge in [-0.25, -0.2) is 4.79 Å². The highest BCUT2D eigenvalue weighted by Gasteiger charge is 2.08. The van der Waals surface area contributed by atoms with Crippen LogP contribution in [0.1, 0.15) is 13.8 Å². The van der Waals surface area contributed by atoms with Gasteiger partial charge in [0.15, 0.2) is 0 Å². The van der Waals surface area contributed by atoms with E-state index in [0.717, 1.165) is 0 Å². The fourth-order valence-corrected chi connectivity index (χ4v) is 1.28. The molecule has 0 aliphatic heterocycles. The fraction of sp³-hybridized carbons (Fsp3) is 0.385. The van der Waals surface area contributed by atoms with Crippen molar-refractivity contribution in [2.75, 3.05) is 18.5 Å². The Morgan fingerprint density at radius 3 is 2.50 bits per heavy atom. The average Bonchev–Trinajstić information content (AvgIpc) is 2.40. The van der Waals surface area contributed by atoms with Crippen molar-refractivity contribution in [1.82, 2.24) is 5.48 Å². The third kappa shape index (κ3) is 6.40. The van der Waals surface area contributed by atoms with E-state index in [9.17, 15) is 9.59 Å². The molecule has 0 spiro atoms. The summed E-state index contributed by atoms with van der Waals surface area (Å²) in [5.74, 6) is -0.471. The van der Waals surface area contributed by atoms with Crippen molar-refractivity contribution >= 4 is 29.4 Å². The zero-order valence-electron chi connectivity index (χ0n) is 11.3. The molecule has 2 N–H and O–H groups in total. The van der Waals surface area contributed by atoms with Crippen LogP contribution in [0.3, 0.4) is 0 Å². The van der Waals surface area contributed by atoms with Gasteiger partial charge in [-0.05, 0) is 24.3 Å². The second-order valence-electron chi connectivity index (χ2n) is 4.24. The monoisotopic (exact) mass is 300 g/mol. The molecule has 20 heavy (non-hydrogen) atoms. The quantitative estimate of drug-likeness (QED) is 0.480. The van der Waals surface area contributed by atoms with Gasteiger partial charge in [0.05, 0.1) is 12.5 Å². The lowest BCUT2D eigenvalue weighted by atomic mass is 10.2. The maximum Gasteiger partial charge on any atom is 0.430 e. The van der Waals surface area contributed by atoms with E-state index >= 15 is 0 Å². The molecule has 0 atom stereocenters. The van der Waals surface area contributed by atoms with Crippen molar-refractivity contribution in [1.29, 1.82) is 0 Å². The van der Waals surface area contributed by atoms with Gasteiger partial charge in [-0.3, -0.25) is 10.1 Å². The van der Waals surface area contributed by atoms with Crippen LogP contribution in [0.2, 0.25) is 5.02 Å². The van der Waals surface area contributed by atoms with Gasteiger partial charge >= 0.3 is 12.1 Å². The van der Waals surface area contributed by atoms with E-state index in [4.69, 9.17) is 21.2 Å². The average molecular weight is 301 g/mol. The molecule has 0 aliphatic rings. The molecule has 0 aliphatic carbocycles. The molecule has 1 aromatic carbocycles. The van der Waals surface area contributed by atoms with Crippen LogP contribution in [0, 0.1) is 5.92 Å². The van der Waals surface area contributed by atoms with E-state index < -0.39 is 6.09 Å². The molecular formula is C13H17ClN2O4. The number of hydrogen-bond acceptors (Lipinski definition) is 5. The first kappa shape index (κ1) is 16.3. The Morgan fingerprint density at radius 1 is 1.25 bits per heavy atom. The Balaban J connectivity index is 2.14. The summed E-state index contributed by atoms with van der Waals surface area (Å²) < 4.78 is 4.89. The maximum atomic E-state index is 11.4. The zero-order chi connectivity index (χ0) is 15.0. The van der Waals surface area contributed by atoms with Gasteiger partial charge in [0.25, 0.3) is 0 Å². The molecule has 0 radical (unpaired) electrons. The fourth-order valence-electron chi connectivity index (χ4n) is 1.15. The number of carbonyl (C=O) groups excluding carboxylic acids is 2. The topological polar surface area (TPSA) is 76.7 Å². The summed E-state index contributed by atoms with van der Waals surface area (Å²) in [7, 11) is 0. The Labute approximate surface area is 122 Å². The first-order valence-electron chi connectivity index (χ1n) is 6.12. The van der Waals surface area contributed by atoms with Crippen LogP contribution in [0.15, 0.2) is 24.3 Å². The molecule has 110 valence electrons. The van der Waals surface area contributed by atoms with Gasteiger partial charge in [-0.1, -0.05) is 25.4 Å². The van der Waals surface area contributed by atoms with Crippen LogP contribution >= 0.6 is 11.6 Å². The lowest BCUT2D eigenvalue weighted by molar-refractivity contribution is -0.147. The van der Waals surface area contributed by atoms with E-state index in [2.05, 4.69) is 10.8 Å². The summed E-state index contributed by atoms with van der Waals surface area (Å²) >= 11 is 5.72. The molecule has 0 saturated carbocycles. The minimum atomic E-state index is -0.664. The highest BCUT2D eigenvalue weighted by molar-refractivity contribution is 6.30. The SMILES string of the molecule is CC(C)C(=O)OCCNOC(=O)Nc1ccc(Cl)cc1. The lowest BCUT2D eigenvalue weighted by Gasteiger charge is -2.09. The number of hydrogen-bond donors (Lipinski definition) is 2. The van der Waals surface area contributed by atoms with Crippen LogP contribution in [-0.4, -0.2) is 25.2 Å². The number of carbonyl (C=O) groups is 2. The number of rotatable bonds is 6. The smallest absolute Gasteiger partial charge is 0.430 e. The van der Waals surface area contributed by atoms with E-state index in [1.54, 1.807) is 38.1 Å². The molecular weight excluding hydrogens is 284 g/mol. The van der Waals surface area contributed by atoms with Gasteiger partial charge in [-0.15, -0.1) is 5.48 Å². The van der Waals surface area contributed by atoms with E-state index in [1.165, 1.54) is 0 Å². The van der Waals surface area contributed by atoms with Crippen LogP contribution in [0.5, 0.6) is 0 Å². The normalized spacial score (nSPS) is 10.2. The molecule has 0 saturated heterocycles. The first-order valence-corrected chi connectivity index (χ1v) is 6.49. The van der Waals surface area contributed by atoms with Crippen LogP contribution in [0.25, 0.3) is 0 Å². The number of halogens is 1. The van der Waals surface area contributed by atoms with Crippen molar-refractivity contribution < 1.29 is 19.2 Å². The third-order valence-electron chi connectivity index (χ3n) is 2.18. The summed E-state index contributed by atoms with van der Waals surface area (Å²) in [6, 6.07) is 6.59. The van der Waals surface area contributed by atoms with Crippen molar-refractivity contribution in [2.24, 2.45) is 5.92 Å². The molecule has 0 heterocycles. The van der Waals surface area contributed by atoms with Crippen molar-refractivity contribution in [2.45, 2.75) is 13.8 Å². The predicted octanol–water partition coefficient (Wildman–Crippen LogP) is 2.59. The number of benzene rings is 1. The van der Waals surface area contributed by atoms with Crippen molar-refractivity contribution in [3.63, 3.8) is 0 Å². The maximum absolute atomic E-state index is 11.4. The van der Waals surface area contributed by atoms with Gasteiger partial charge in [-0.2, -0.15) is 0 Å². The number of esters is 1. The summed E-state index contributed by atoms with van der Waals surface area (Å²) in [4.78, 5) is 27.2. The number of amides is 1. The van der Waals surface area contributed by atoms with E-state index in [1.807, 2.05) is 0 Å². The second kappa shape index (κ2) is 8.39. The lowest BCUT2D eigenvalue weighted by Crippen LogP contribution is -2.28. The number of ether oxygens (including phenoxy) is 1. The third-order valence-corrected chi connectivity index (χ3v) is 2.43. The van der Waals surface area contributed by atoms with Crippen LogP contribution < -0.4 is 10.8 Å². The van der Waals surface area contributed by atoms with Crippen molar-refractivity contribution in [3.8, 4) is 0 Å². The Bertz CT molecular complexity index is 448. The second-order valence-corrected chi connectivity index (χ2v) is 4.67. The Hall–Kier alpha value is -1.79. The summed E-state index contributed by atoms with van der Waals surface area (Å²) in [6.45, 7) is 3.83. The minimum Gasteiger partial charge on any atom is -0.464 e.